The summed E-state index contributed by atoms with van der Waals surface area (Å²) in [4.78, 5) is 12.7. The highest BCUT2D eigenvalue weighted by molar-refractivity contribution is 5.95. The molecule has 7 nitrogen and oxygen atoms in total. The molecule has 0 aliphatic carbocycles. The van der Waals surface area contributed by atoms with Gasteiger partial charge in [0.2, 0.25) is 0 Å². The van der Waals surface area contributed by atoms with Gasteiger partial charge in [0.1, 0.15) is 0 Å². The van der Waals surface area contributed by atoms with Crippen LogP contribution in [0.3, 0.4) is 0 Å². The molecule has 0 radical (unpaired) electrons. The van der Waals surface area contributed by atoms with Gasteiger partial charge in [-0.15, -0.1) is 0 Å². The lowest BCUT2D eigenvalue weighted by atomic mass is 10.0. The van der Waals surface area contributed by atoms with E-state index in [4.69, 9.17) is 4.74 Å². The summed E-state index contributed by atoms with van der Waals surface area (Å²) in [5.41, 5.74) is 4.59. The molecule has 1 aromatic carbocycles. The molecule has 2 aromatic heterocycles. The molecular formula is C20H25N5O2. The van der Waals surface area contributed by atoms with Crippen LogP contribution in [0.15, 0.2) is 42.7 Å². The maximum atomic E-state index is 12.7. The van der Waals surface area contributed by atoms with E-state index in [1.54, 1.807) is 18.0 Å². The van der Waals surface area contributed by atoms with Gasteiger partial charge in [-0.3, -0.25) is 14.2 Å². The minimum atomic E-state index is -0.264. The SMILES string of the molecule is CCn1cc(-c2ccc(C(=O)N[C@H](COC)c3ccnn3C)cc2)c(C)n1. The third kappa shape index (κ3) is 4.09. The summed E-state index contributed by atoms with van der Waals surface area (Å²) in [5.74, 6) is -0.147. The first-order chi connectivity index (χ1) is 13.0. The first-order valence-corrected chi connectivity index (χ1v) is 8.95. The Morgan fingerprint density at radius 1 is 1.26 bits per heavy atom. The number of benzene rings is 1. The summed E-state index contributed by atoms with van der Waals surface area (Å²) in [6, 6.07) is 9.19. The summed E-state index contributed by atoms with van der Waals surface area (Å²) < 4.78 is 8.91. The number of nitrogens with zero attached hydrogens (tertiary/aromatic N) is 4. The van der Waals surface area contributed by atoms with Gasteiger partial charge in [-0.1, -0.05) is 12.1 Å². The van der Waals surface area contributed by atoms with Crippen LogP contribution in [-0.2, 0) is 18.3 Å². The second-order valence-corrected chi connectivity index (χ2v) is 6.42. The monoisotopic (exact) mass is 367 g/mol. The molecule has 0 bridgehead atoms. The van der Waals surface area contributed by atoms with Crippen LogP contribution in [0.2, 0.25) is 0 Å². The van der Waals surface area contributed by atoms with Crippen LogP contribution in [0, 0.1) is 6.92 Å². The molecule has 1 amide bonds. The molecule has 3 aromatic rings. The minimum absolute atomic E-state index is 0.147. The van der Waals surface area contributed by atoms with Crippen molar-refractivity contribution in [1.82, 2.24) is 24.9 Å². The van der Waals surface area contributed by atoms with E-state index < -0.39 is 0 Å². The van der Waals surface area contributed by atoms with Crippen molar-refractivity contribution in [2.24, 2.45) is 7.05 Å². The van der Waals surface area contributed by atoms with E-state index >= 15 is 0 Å². The van der Waals surface area contributed by atoms with Crippen LogP contribution in [0.25, 0.3) is 11.1 Å². The van der Waals surface area contributed by atoms with Crippen LogP contribution in [0.4, 0.5) is 0 Å². The Kier molecular flexibility index (Phi) is 5.71. The van der Waals surface area contributed by atoms with E-state index in [1.165, 1.54) is 0 Å². The van der Waals surface area contributed by atoms with Gasteiger partial charge in [0.15, 0.2) is 0 Å². The quantitative estimate of drug-likeness (QED) is 0.697. The predicted octanol–water partition coefficient (Wildman–Crippen LogP) is 2.73. The number of amides is 1. The van der Waals surface area contributed by atoms with Crippen molar-refractivity contribution < 1.29 is 9.53 Å². The molecule has 27 heavy (non-hydrogen) atoms. The summed E-state index contributed by atoms with van der Waals surface area (Å²) in [5, 5.41) is 11.7. The Bertz CT molecular complexity index is 911. The maximum Gasteiger partial charge on any atom is 0.251 e. The maximum absolute atomic E-state index is 12.7. The largest absolute Gasteiger partial charge is 0.382 e. The molecule has 0 saturated carbocycles. The van der Waals surface area contributed by atoms with E-state index in [2.05, 4.69) is 22.4 Å². The predicted molar refractivity (Wildman–Crippen MR) is 103 cm³/mol. The summed E-state index contributed by atoms with van der Waals surface area (Å²) in [6.07, 6.45) is 3.74. The molecule has 3 rings (SSSR count). The van der Waals surface area contributed by atoms with Gasteiger partial charge < -0.3 is 10.1 Å². The zero-order valence-electron chi connectivity index (χ0n) is 16.1. The molecule has 0 saturated heterocycles. The lowest BCUT2D eigenvalue weighted by Crippen LogP contribution is -2.32. The lowest BCUT2D eigenvalue weighted by Gasteiger charge is -2.18. The highest BCUT2D eigenvalue weighted by atomic mass is 16.5. The van der Waals surface area contributed by atoms with Crippen molar-refractivity contribution in [2.75, 3.05) is 13.7 Å². The number of hydrogen-bond donors (Lipinski definition) is 1. The van der Waals surface area contributed by atoms with E-state index in [0.717, 1.165) is 29.1 Å². The van der Waals surface area contributed by atoms with Gasteiger partial charge >= 0.3 is 0 Å². The third-order valence-corrected chi connectivity index (χ3v) is 4.58. The van der Waals surface area contributed by atoms with Gasteiger partial charge in [0.05, 0.1) is 24.0 Å². The smallest absolute Gasteiger partial charge is 0.251 e. The average Bonchev–Trinajstić information content (AvgIpc) is 3.26. The van der Waals surface area contributed by atoms with E-state index in [-0.39, 0.29) is 11.9 Å². The van der Waals surface area contributed by atoms with Crippen LogP contribution in [0.5, 0.6) is 0 Å². The fourth-order valence-electron chi connectivity index (χ4n) is 3.10. The number of rotatable bonds is 7. The zero-order chi connectivity index (χ0) is 19.4. The van der Waals surface area contributed by atoms with Crippen molar-refractivity contribution in [3.63, 3.8) is 0 Å². The third-order valence-electron chi connectivity index (χ3n) is 4.58. The summed E-state index contributed by atoms with van der Waals surface area (Å²) in [6.45, 7) is 5.25. The number of aromatic nitrogens is 4. The first-order valence-electron chi connectivity index (χ1n) is 8.95. The van der Waals surface area contributed by atoms with Crippen LogP contribution in [-0.4, -0.2) is 39.2 Å². The Hall–Kier alpha value is -2.93. The summed E-state index contributed by atoms with van der Waals surface area (Å²) in [7, 11) is 3.46. The molecule has 0 aliphatic rings. The fourth-order valence-corrected chi connectivity index (χ4v) is 3.10. The number of hydrogen-bond acceptors (Lipinski definition) is 4. The zero-order valence-corrected chi connectivity index (χ0v) is 16.1. The second kappa shape index (κ2) is 8.18. The number of carbonyl (C=O) groups is 1. The van der Waals surface area contributed by atoms with E-state index in [9.17, 15) is 4.79 Å². The van der Waals surface area contributed by atoms with Gasteiger partial charge in [-0.05, 0) is 37.6 Å². The number of ether oxygens (including phenoxy) is 1. The standard InChI is InChI=1S/C20H25N5O2/c1-5-25-12-17(14(2)23-25)15-6-8-16(9-7-15)20(26)22-18(13-27-4)19-10-11-21-24(19)3/h6-12,18H,5,13H2,1-4H3,(H,22,26)/t18-/m1/s1. The number of methoxy groups -OCH3 is 1. The molecule has 142 valence electrons. The topological polar surface area (TPSA) is 74.0 Å². The lowest BCUT2D eigenvalue weighted by molar-refractivity contribution is 0.0892. The molecule has 7 heteroatoms. The molecule has 1 atom stereocenters. The van der Waals surface area contributed by atoms with Gasteiger partial charge in [0, 0.05) is 44.2 Å². The molecule has 0 fully saturated rings. The molecule has 1 N–H and O–H groups in total. The highest BCUT2D eigenvalue weighted by Gasteiger charge is 2.18. The van der Waals surface area contributed by atoms with Crippen LogP contribution < -0.4 is 5.32 Å². The molecular weight excluding hydrogens is 342 g/mol. The fraction of sp³-hybridized carbons (Fsp3) is 0.350. The molecule has 0 spiro atoms. The van der Waals surface area contributed by atoms with Crippen molar-refractivity contribution in [2.45, 2.75) is 26.4 Å². The van der Waals surface area contributed by atoms with Crippen molar-refractivity contribution in [3.05, 3.63) is 59.7 Å². The normalized spacial score (nSPS) is 12.1. The minimum Gasteiger partial charge on any atom is -0.382 e. The number of aryl methyl sites for hydroxylation is 3. The highest BCUT2D eigenvalue weighted by Crippen LogP contribution is 2.23. The van der Waals surface area contributed by atoms with Crippen LogP contribution >= 0.6 is 0 Å². The van der Waals surface area contributed by atoms with E-state index in [1.807, 2.05) is 55.2 Å². The van der Waals surface area contributed by atoms with E-state index in [0.29, 0.717) is 12.2 Å². The Balaban J connectivity index is 1.76. The number of nitrogens with one attached hydrogen (secondary N) is 1. The Labute approximate surface area is 159 Å². The van der Waals surface area contributed by atoms with Crippen LogP contribution in [0.1, 0.15) is 34.7 Å². The molecule has 0 aliphatic heterocycles. The van der Waals surface area contributed by atoms with Gasteiger partial charge in [-0.2, -0.15) is 10.2 Å². The first kappa shape index (κ1) is 18.8. The Morgan fingerprint density at radius 3 is 2.56 bits per heavy atom. The molecule has 2 heterocycles. The summed E-state index contributed by atoms with van der Waals surface area (Å²) >= 11 is 0. The molecule has 0 unspecified atom stereocenters. The number of carbonyl (C=O) groups excluding carboxylic acids is 1. The Morgan fingerprint density at radius 2 is 2.00 bits per heavy atom. The van der Waals surface area contributed by atoms with Crippen molar-refractivity contribution >= 4 is 5.91 Å². The average molecular weight is 367 g/mol. The second-order valence-electron chi connectivity index (χ2n) is 6.42. The van der Waals surface area contributed by atoms with Crippen molar-refractivity contribution in [1.29, 1.82) is 0 Å². The van der Waals surface area contributed by atoms with Crippen molar-refractivity contribution in [3.8, 4) is 11.1 Å². The van der Waals surface area contributed by atoms with Gasteiger partial charge in [-0.25, -0.2) is 0 Å². The van der Waals surface area contributed by atoms with Gasteiger partial charge in [0.25, 0.3) is 5.91 Å².